The summed E-state index contributed by atoms with van der Waals surface area (Å²) in [5.74, 6) is 0. The maximum atomic E-state index is 8.77. The number of hydrogen-bond acceptors (Lipinski definition) is 6. The molecular weight excluding hydrogens is 260 g/mol. The molecule has 19 heavy (non-hydrogen) atoms. The average molecular weight is 272 g/mol. The molecule has 0 bridgehead atoms. The molecule has 3 rings (SSSR count). The summed E-state index contributed by atoms with van der Waals surface area (Å²) in [6, 6.07) is 8.23. The normalized spacial score (nSPS) is 14.3. The van der Waals surface area contributed by atoms with Gasteiger partial charge in [-0.2, -0.15) is 5.26 Å². The van der Waals surface area contributed by atoms with Crippen molar-refractivity contribution in [2.24, 2.45) is 0 Å². The lowest BCUT2D eigenvalue weighted by Gasteiger charge is -2.05. The van der Waals surface area contributed by atoms with Crippen molar-refractivity contribution >= 4 is 17.4 Å². The van der Waals surface area contributed by atoms with Gasteiger partial charge in [0, 0.05) is 10.6 Å². The Bertz CT molecular complexity index is 640. The zero-order chi connectivity index (χ0) is 13.2. The number of anilines is 1. The molecule has 7 heteroatoms. The molecular formula is C12H12N6S. The van der Waals surface area contributed by atoms with Crippen LogP contribution in [-0.4, -0.2) is 20.2 Å². The molecule has 1 aliphatic carbocycles. The third-order valence-corrected chi connectivity index (χ3v) is 3.89. The quantitative estimate of drug-likeness (QED) is 0.853. The van der Waals surface area contributed by atoms with Crippen molar-refractivity contribution in [3.8, 4) is 6.07 Å². The summed E-state index contributed by atoms with van der Waals surface area (Å²) in [6.45, 7) is 0. The van der Waals surface area contributed by atoms with E-state index in [2.05, 4.69) is 21.6 Å². The lowest BCUT2D eigenvalue weighted by molar-refractivity contribution is 0.565. The molecule has 0 saturated heterocycles. The molecule has 0 atom stereocenters. The predicted molar refractivity (Wildman–Crippen MR) is 70.4 cm³/mol. The van der Waals surface area contributed by atoms with Crippen LogP contribution in [0.15, 0.2) is 28.3 Å². The zero-order valence-electron chi connectivity index (χ0n) is 10.2. The summed E-state index contributed by atoms with van der Waals surface area (Å²) >= 11 is 1.50. The standard InChI is InChI=1S/C12H12N6S/c13-6-5-8-7-10(3-4-11(8)14)19-12-15-16-17-18(12)9-1-2-9/h3-4,7,9H,1-2,5,14H2. The highest BCUT2D eigenvalue weighted by Gasteiger charge is 2.28. The minimum absolute atomic E-state index is 0.313. The SMILES string of the molecule is N#CCc1cc(Sc2nnnn2C2CC2)ccc1N. The van der Waals surface area contributed by atoms with Crippen molar-refractivity contribution in [2.45, 2.75) is 35.4 Å². The van der Waals surface area contributed by atoms with Crippen LogP contribution in [0.25, 0.3) is 0 Å². The van der Waals surface area contributed by atoms with Crippen LogP contribution >= 0.6 is 11.8 Å². The Morgan fingerprint density at radius 2 is 2.32 bits per heavy atom. The first-order chi connectivity index (χ1) is 9.28. The summed E-state index contributed by atoms with van der Waals surface area (Å²) in [5, 5.41) is 21.3. The number of nitrogen functional groups attached to an aromatic ring is 1. The smallest absolute Gasteiger partial charge is 0.214 e. The van der Waals surface area contributed by atoms with E-state index in [0.717, 1.165) is 28.5 Å². The fourth-order valence-electron chi connectivity index (χ4n) is 1.79. The fraction of sp³-hybridized carbons (Fsp3) is 0.333. The van der Waals surface area contributed by atoms with Gasteiger partial charge in [0.05, 0.1) is 18.5 Å². The molecule has 1 aromatic carbocycles. The first-order valence-corrected chi connectivity index (χ1v) is 6.80. The Morgan fingerprint density at radius 3 is 3.05 bits per heavy atom. The van der Waals surface area contributed by atoms with E-state index in [-0.39, 0.29) is 0 Å². The minimum atomic E-state index is 0.313. The topological polar surface area (TPSA) is 93.4 Å². The average Bonchev–Trinajstić information content (AvgIpc) is 3.15. The van der Waals surface area contributed by atoms with Crippen LogP contribution in [0.2, 0.25) is 0 Å². The highest BCUT2D eigenvalue weighted by molar-refractivity contribution is 7.99. The number of benzene rings is 1. The van der Waals surface area contributed by atoms with Crippen LogP contribution in [-0.2, 0) is 6.42 Å². The lowest BCUT2D eigenvalue weighted by Crippen LogP contribution is -1.99. The van der Waals surface area contributed by atoms with Crippen LogP contribution in [0.3, 0.4) is 0 Å². The van der Waals surface area contributed by atoms with Gasteiger partial charge in [-0.05, 0) is 58.8 Å². The Hall–Kier alpha value is -2.07. The number of tetrazole rings is 1. The number of rotatable bonds is 4. The van der Waals surface area contributed by atoms with Crippen LogP contribution in [0.1, 0.15) is 24.4 Å². The van der Waals surface area contributed by atoms with Crippen molar-refractivity contribution in [1.29, 1.82) is 5.26 Å². The van der Waals surface area contributed by atoms with Crippen LogP contribution < -0.4 is 5.73 Å². The summed E-state index contributed by atoms with van der Waals surface area (Å²) in [6.07, 6.45) is 2.59. The van der Waals surface area contributed by atoms with E-state index in [9.17, 15) is 0 Å². The maximum absolute atomic E-state index is 8.77. The van der Waals surface area contributed by atoms with Gasteiger partial charge in [-0.1, -0.05) is 0 Å². The molecule has 6 nitrogen and oxygen atoms in total. The van der Waals surface area contributed by atoms with Crippen LogP contribution in [0.4, 0.5) is 5.69 Å². The van der Waals surface area contributed by atoms with Gasteiger partial charge in [0.1, 0.15) is 0 Å². The molecule has 1 heterocycles. The van der Waals surface area contributed by atoms with Gasteiger partial charge in [-0.25, -0.2) is 4.68 Å². The third kappa shape index (κ3) is 2.53. The summed E-state index contributed by atoms with van der Waals surface area (Å²) in [5.41, 5.74) is 7.32. The first-order valence-electron chi connectivity index (χ1n) is 5.99. The molecule has 0 radical (unpaired) electrons. The van der Waals surface area contributed by atoms with Gasteiger partial charge in [-0.3, -0.25) is 0 Å². The van der Waals surface area contributed by atoms with Crippen molar-refractivity contribution in [1.82, 2.24) is 20.2 Å². The van der Waals surface area contributed by atoms with E-state index in [1.807, 2.05) is 22.9 Å². The Labute approximate surface area is 114 Å². The zero-order valence-corrected chi connectivity index (χ0v) is 11.0. The van der Waals surface area contributed by atoms with E-state index in [4.69, 9.17) is 11.0 Å². The van der Waals surface area contributed by atoms with E-state index in [0.29, 0.717) is 18.2 Å². The summed E-state index contributed by atoms with van der Waals surface area (Å²) < 4.78 is 1.87. The molecule has 0 amide bonds. The van der Waals surface area contributed by atoms with Crippen molar-refractivity contribution < 1.29 is 0 Å². The molecule has 1 aliphatic rings. The fourth-order valence-corrected chi connectivity index (χ4v) is 2.69. The van der Waals surface area contributed by atoms with E-state index in [1.54, 1.807) is 0 Å². The van der Waals surface area contributed by atoms with Gasteiger partial charge in [0.25, 0.3) is 0 Å². The Kier molecular flexibility index (Phi) is 3.09. The largest absolute Gasteiger partial charge is 0.398 e. The van der Waals surface area contributed by atoms with Crippen LogP contribution in [0, 0.1) is 11.3 Å². The number of nitriles is 1. The number of aromatic nitrogens is 4. The second kappa shape index (κ2) is 4.90. The molecule has 2 N–H and O–H groups in total. The molecule has 1 saturated carbocycles. The Balaban J connectivity index is 1.84. The molecule has 1 aromatic heterocycles. The summed E-state index contributed by atoms with van der Waals surface area (Å²) in [7, 11) is 0. The predicted octanol–water partition coefficient (Wildman–Crippen LogP) is 1.81. The van der Waals surface area contributed by atoms with Crippen molar-refractivity contribution in [3.05, 3.63) is 23.8 Å². The second-order valence-electron chi connectivity index (χ2n) is 4.43. The van der Waals surface area contributed by atoms with Crippen LogP contribution in [0.5, 0.6) is 0 Å². The minimum Gasteiger partial charge on any atom is -0.398 e. The van der Waals surface area contributed by atoms with E-state index in [1.165, 1.54) is 11.8 Å². The lowest BCUT2D eigenvalue weighted by atomic mass is 10.1. The highest BCUT2D eigenvalue weighted by atomic mass is 32.2. The molecule has 2 aromatic rings. The van der Waals surface area contributed by atoms with Gasteiger partial charge in [0.15, 0.2) is 0 Å². The van der Waals surface area contributed by atoms with Gasteiger partial charge in [0.2, 0.25) is 5.16 Å². The molecule has 0 aliphatic heterocycles. The van der Waals surface area contributed by atoms with E-state index < -0.39 is 0 Å². The molecule has 1 fully saturated rings. The van der Waals surface area contributed by atoms with Gasteiger partial charge < -0.3 is 5.73 Å². The number of nitrogens with zero attached hydrogens (tertiary/aromatic N) is 5. The number of hydrogen-bond donors (Lipinski definition) is 1. The van der Waals surface area contributed by atoms with E-state index >= 15 is 0 Å². The first kappa shape index (κ1) is 12.0. The molecule has 96 valence electrons. The maximum Gasteiger partial charge on any atom is 0.214 e. The summed E-state index contributed by atoms with van der Waals surface area (Å²) in [4.78, 5) is 0.996. The molecule has 0 spiro atoms. The third-order valence-electron chi connectivity index (χ3n) is 2.95. The van der Waals surface area contributed by atoms with Gasteiger partial charge >= 0.3 is 0 Å². The Morgan fingerprint density at radius 1 is 1.47 bits per heavy atom. The number of nitrogens with two attached hydrogens (primary N) is 1. The van der Waals surface area contributed by atoms with Crippen molar-refractivity contribution in [3.63, 3.8) is 0 Å². The monoisotopic (exact) mass is 272 g/mol. The second-order valence-corrected chi connectivity index (χ2v) is 5.48. The van der Waals surface area contributed by atoms with Gasteiger partial charge in [-0.15, -0.1) is 5.10 Å². The highest BCUT2D eigenvalue weighted by Crippen LogP contribution is 2.38. The van der Waals surface area contributed by atoms with Crippen molar-refractivity contribution in [2.75, 3.05) is 5.73 Å². The molecule has 0 unspecified atom stereocenters.